The van der Waals surface area contributed by atoms with Crippen LogP contribution in [-0.2, 0) is 0 Å². The standard InChI is InChI=1S/C13H17Cl2N3O/c1-2-18(10-5-6-16-8-10)13(19)17-9-3-4-11(14)12(15)7-9/h3-4,7,10,16H,2,5-6,8H2,1H3,(H,17,19). The molecule has 1 aromatic carbocycles. The van der Waals surface area contributed by atoms with Crippen LogP contribution in [0.1, 0.15) is 13.3 Å². The Morgan fingerprint density at radius 2 is 2.26 bits per heavy atom. The molecule has 0 radical (unpaired) electrons. The highest BCUT2D eigenvalue weighted by molar-refractivity contribution is 6.42. The minimum absolute atomic E-state index is 0.102. The molecule has 2 N–H and O–H groups in total. The van der Waals surface area contributed by atoms with E-state index in [9.17, 15) is 4.79 Å². The van der Waals surface area contributed by atoms with E-state index in [0.29, 0.717) is 22.3 Å². The van der Waals surface area contributed by atoms with Crippen molar-refractivity contribution in [1.82, 2.24) is 10.2 Å². The molecule has 104 valence electrons. The number of nitrogens with zero attached hydrogens (tertiary/aromatic N) is 1. The molecular formula is C13H17Cl2N3O. The van der Waals surface area contributed by atoms with Gasteiger partial charge in [-0.15, -0.1) is 0 Å². The number of likely N-dealkylation sites (N-methyl/N-ethyl adjacent to an activating group) is 1. The zero-order valence-corrected chi connectivity index (χ0v) is 12.3. The third-order valence-electron chi connectivity index (χ3n) is 3.25. The summed E-state index contributed by atoms with van der Waals surface area (Å²) < 4.78 is 0. The molecule has 2 rings (SSSR count). The number of hydrogen-bond acceptors (Lipinski definition) is 2. The van der Waals surface area contributed by atoms with E-state index in [0.717, 1.165) is 19.5 Å². The van der Waals surface area contributed by atoms with Crippen LogP contribution in [0.25, 0.3) is 0 Å². The van der Waals surface area contributed by atoms with Crippen molar-refractivity contribution in [2.24, 2.45) is 0 Å². The van der Waals surface area contributed by atoms with Crippen LogP contribution in [0.5, 0.6) is 0 Å². The van der Waals surface area contributed by atoms with Gasteiger partial charge >= 0.3 is 6.03 Å². The first kappa shape index (κ1) is 14.4. The lowest BCUT2D eigenvalue weighted by Gasteiger charge is -2.27. The lowest BCUT2D eigenvalue weighted by molar-refractivity contribution is 0.196. The summed E-state index contributed by atoms with van der Waals surface area (Å²) in [6, 6.07) is 5.23. The van der Waals surface area contributed by atoms with Crippen LogP contribution < -0.4 is 10.6 Å². The fraction of sp³-hybridized carbons (Fsp3) is 0.462. The van der Waals surface area contributed by atoms with Crippen LogP contribution >= 0.6 is 23.2 Å². The highest BCUT2D eigenvalue weighted by Crippen LogP contribution is 2.25. The predicted octanol–water partition coefficient (Wildman–Crippen LogP) is 3.21. The van der Waals surface area contributed by atoms with E-state index in [1.807, 2.05) is 11.8 Å². The van der Waals surface area contributed by atoms with Gasteiger partial charge in [-0.1, -0.05) is 23.2 Å². The van der Waals surface area contributed by atoms with Crippen LogP contribution in [0.15, 0.2) is 18.2 Å². The third-order valence-corrected chi connectivity index (χ3v) is 3.99. The van der Waals surface area contributed by atoms with Crippen molar-refractivity contribution in [3.05, 3.63) is 28.2 Å². The number of amides is 2. The van der Waals surface area contributed by atoms with Gasteiger partial charge < -0.3 is 15.5 Å². The van der Waals surface area contributed by atoms with E-state index in [2.05, 4.69) is 10.6 Å². The van der Waals surface area contributed by atoms with Crippen molar-refractivity contribution in [2.75, 3.05) is 25.0 Å². The minimum Gasteiger partial charge on any atom is -0.321 e. The molecule has 1 aliphatic heterocycles. The van der Waals surface area contributed by atoms with Gasteiger partial charge in [-0.3, -0.25) is 0 Å². The normalized spacial score (nSPS) is 18.4. The number of rotatable bonds is 3. The number of urea groups is 1. The lowest BCUT2D eigenvalue weighted by atomic mass is 10.2. The Bertz CT molecular complexity index is 461. The van der Waals surface area contributed by atoms with Crippen LogP contribution in [0.3, 0.4) is 0 Å². The Kier molecular flexibility index (Phi) is 4.91. The SMILES string of the molecule is CCN(C(=O)Nc1ccc(Cl)c(Cl)c1)C1CCNC1. The molecule has 0 spiro atoms. The number of halogens is 2. The fourth-order valence-electron chi connectivity index (χ4n) is 2.24. The number of carbonyl (C=O) groups is 1. The van der Waals surface area contributed by atoms with Crippen molar-refractivity contribution >= 4 is 34.9 Å². The molecule has 1 unspecified atom stereocenters. The molecule has 1 atom stereocenters. The Labute approximate surface area is 123 Å². The summed E-state index contributed by atoms with van der Waals surface area (Å²) in [5.41, 5.74) is 0.656. The topological polar surface area (TPSA) is 44.4 Å². The maximum absolute atomic E-state index is 12.2. The first-order valence-electron chi connectivity index (χ1n) is 6.35. The van der Waals surface area contributed by atoms with Gasteiger partial charge in [0, 0.05) is 24.8 Å². The highest BCUT2D eigenvalue weighted by Gasteiger charge is 2.25. The van der Waals surface area contributed by atoms with E-state index >= 15 is 0 Å². The largest absolute Gasteiger partial charge is 0.322 e. The summed E-state index contributed by atoms with van der Waals surface area (Å²) in [4.78, 5) is 14.1. The van der Waals surface area contributed by atoms with Gasteiger partial charge in [0.1, 0.15) is 0 Å². The van der Waals surface area contributed by atoms with Crippen molar-refractivity contribution < 1.29 is 4.79 Å². The summed E-state index contributed by atoms with van der Waals surface area (Å²) in [5.74, 6) is 0. The number of carbonyl (C=O) groups excluding carboxylic acids is 1. The third kappa shape index (κ3) is 3.53. The second-order valence-electron chi connectivity index (χ2n) is 4.49. The molecule has 1 aliphatic rings. The van der Waals surface area contributed by atoms with Crippen LogP contribution in [-0.4, -0.2) is 36.6 Å². The Morgan fingerprint density at radius 3 is 2.84 bits per heavy atom. The van der Waals surface area contributed by atoms with E-state index < -0.39 is 0 Å². The average molecular weight is 302 g/mol. The van der Waals surface area contributed by atoms with Crippen LogP contribution in [0, 0.1) is 0 Å². The molecule has 1 heterocycles. The Balaban J connectivity index is 2.03. The van der Waals surface area contributed by atoms with Gasteiger partial charge in [0.2, 0.25) is 0 Å². The number of benzene rings is 1. The molecule has 0 saturated carbocycles. The molecule has 0 bridgehead atoms. The van der Waals surface area contributed by atoms with Crippen molar-refractivity contribution in [2.45, 2.75) is 19.4 Å². The minimum atomic E-state index is -0.102. The predicted molar refractivity (Wildman–Crippen MR) is 79.1 cm³/mol. The molecule has 1 saturated heterocycles. The summed E-state index contributed by atoms with van der Waals surface area (Å²) in [5, 5.41) is 7.03. The molecule has 4 nitrogen and oxygen atoms in total. The number of anilines is 1. The zero-order chi connectivity index (χ0) is 13.8. The first-order chi connectivity index (χ1) is 9.11. The van der Waals surface area contributed by atoms with E-state index in [-0.39, 0.29) is 12.1 Å². The molecule has 2 amide bonds. The molecule has 1 aromatic rings. The monoisotopic (exact) mass is 301 g/mol. The second-order valence-corrected chi connectivity index (χ2v) is 5.31. The van der Waals surface area contributed by atoms with E-state index in [1.54, 1.807) is 18.2 Å². The van der Waals surface area contributed by atoms with Crippen molar-refractivity contribution in [3.63, 3.8) is 0 Å². The Hall–Kier alpha value is -0.970. The van der Waals surface area contributed by atoms with Gasteiger partial charge in [0.15, 0.2) is 0 Å². The average Bonchev–Trinajstić information content (AvgIpc) is 2.88. The molecule has 0 aliphatic carbocycles. The molecule has 19 heavy (non-hydrogen) atoms. The highest BCUT2D eigenvalue weighted by atomic mass is 35.5. The first-order valence-corrected chi connectivity index (χ1v) is 7.10. The second kappa shape index (κ2) is 6.46. The summed E-state index contributed by atoms with van der Waals surface area (Å²) in [7, 11) is 0. The quantitative estimate of drug-likeness (QED) is 0.900. The van der Waals surface area contributed by atoms with Gasteiger partial charge in [-0.25, -0.2) is 4.79 Å². The fourth-order valence-corrected chi connectivity index (χ4v) is 2.54. The summed E-state index contributed by atoms with van der Waals surface area (Å²) >= 11 is 11.8. The van der Waals surface area contributed by atoms with Crippen LogP contribution in [0.2, 0.25) is 10.0 Å². The van der Waals surface area contributed by atoms with Crippen LogP contribution in [0.4, 0.5) is 10.5 Å². The van der Waals surface area contributed by atoms with Gasteiger partial charge in [-0.2, -0.15) is 0 Å². The van der Waals surface area contributed by atoms with E-state index in [1.165, 1.54) is 0 Å². The Morgan fingerprint density at radius 1 is 1.47 bits per heavy atom. The lowest BCUT2D eigenvalue weighted by Crippen LogP contribution is -2.43. The van der Waals surface area contributed by atoms with Crippen molar-refractivity contribution in [1.29, 1.82) is 0 Å². The maximum atomic E-state index is 12.2. The summed E-state index contributed by atoms with van der Waals surface area (Å²) in [6.45, 7) is 4.47. The van der Waals surface area contributed by atoms with Crippen molar-refractivity contribution in [3.8, 4) is 0 Å². The molecule has 1 fully saturated rings. The van der Waals surface area contributed by atoms with Gasteiger partial charge in [0.25, 0.3) is 0 Å². The molecule has 0 aromatic heterocycles. The van der Waals surface area contributed by atoms with Gasteiger partial charge in [0.05, 0.1) is 10.0 Å². The number of nitrogens with one attached hydrogen (secondary N) is 2. The van der Waals surface area contributed by atoms with Gasteiger partial charge in [-0.05, 0) is 38.1 Å². The maximum Gasteiger partial charge on any atom is 0.322 e. The van der Waals surface area contributed by atoms with E-state index in [4.69, 9.17) is 23.2 Å². The summed E-state index contributed by atoms with van der Waals surface area (Å²) in [6.07, 6.45) is 0.989. The zero-order valence-electron chi connectivity index (χ0n) is 10.7. The number of hydrogen-bond donors (Lipinski definition) is 2. The smallest absolute Gasteiger partial charge is 0.321 e. The molecule has 6 heteroatoms. The molecular weight excluding hydrogens is 285 g/mol.